The van der Waals surface area contributed by atoms with E-state index in [1.54, 1.807) is 0 Å². The molecule has 2 atom stereocenters. The summed E-state index contributed by atoms with van der Waals surface area (Å²) in [6, 6.07) is 0.153. The van der Waals surface area contributed by atoms with Crippen LogP contribution in [0, 0.1) is 0 Å². The second kappa shape index (κ2) is 7.62. The van der Waals surface area contributed by atoms with Gasteiger partial charge in [0.05, 0.1) is 6.54 Å². The SMILES string of the molecule is CCCC(C)NC(=O)CN1CCCC1(CCC)C(=O)O. The zero-order chi connectivity index (χ0) is 15.2. The number of likely N-dealkylation sites (tertiary alicyclic amines) is 1. The average Bonchev–Trinajstić information content (AvgIpc) is 2.74. The van der Waals surface area contributed by atoms with Crippen molar-refractivity contribution in [3.05, 3.63) is 0 Å². The third kappa shape index (κ3) is 3.95. The maximum Gasteiger partial charge on any atom is 0.324 e. The molecule has 1 aliphatic heterocycles. The van der Waals surface area contributed by atoms with E-state index in [-0.39, 0.29) is 18.5 Å². The third-order valence-corrected chi connectivity index (χ3v) is 4.15. The van der Waals surface area contributed by atoms with Gasteiger partial charge in [0.25, 0.3) is 0 Å². The zero-order valence-corrected chi connectivity index (χ0v) is 12.9. The summed E-state index contributed by atoms with van der Waals surface area (Å²) in [5, 5.41) is 12.5. The average molecular weight is 284 g/mol. The van der Waals surface area contributed by atoms with Crippen LogP contribution >= 0.6 is 0 Å². The molecule has 0 aliphatic carbocycles. The number of carbonyl (C=O) groups is 2. The van der Waals surface area contributed by atoms with Gasteiger partial charge in [0.1, 0.15) is 5.54 Å². The highest BCUT2D eigenvalue weighted by Crippen LogP contribution is 2.33. The number of amides is 1. The fourth-order valence-corrected chi connectivity index (χ4v) is 3.21. The van der Waals surface area contributed by atoms with E-state index in [1.165, 1.54) is 0 Å². The first kappa shape index (κ1) is 17.0. The van der Waals surface area contributed by atoms with Gasteiger partial charge in [0.15, 0.2) is 0 Å². The number of nitrogens with zero attached hydrogens (tertiary/aromatic N) is 1. The summed E-state index contributed by atoms with van der Waals surface area (Å²) in [6.45, 7) is 6.95. The Morgan fingerprint density at radius 3 is 2.60 bits per heavy atom. The molecule has 2 unspecified atom stereocenters. The maximum atomic E-state index is 12.1. The van der Waals surface area contributed by atoms with Crippen molar-refractivity contribution < 1.29 is 14.7 Å². The lowest BCUT2D eigenvalue weighted by Gasteiger charge is -2.34. The smallest absolute Gasteiger partial charge is 0.324 e. The Labute approximate surface area is 121 Å². The lowest BCUT2D eigenvalue weighted by Crippen LogP contribution is -2.54. The molecular weight excluding hydrogens is 256 g/mol. The van der Waals surface area contributed by atoms with E-state index in [4.69, 9.17) is 0 Å². The van der Waals surface area contributed by atoms with Gasteiger partial charge in [-0.25, -0.2) is 0 Å². The molecule has 20 heavy (non-hydrogen) atoms. The molecule has 1 heterocycles. The second-order valence-corrected chi connectivity index (χ2v) is 5.87. The fraction of sp³-hybridized carbons (Fsp3) is 0.867. The number of aliphatic carboxylic acids is 1. The molecule has 0 aromatic carbocycles. The van der Waals surface area contributed by atoms with Crippen molar-refractivity contribution in [1.82, 2.24) is 10.2 Å². The van der Waals surface area contributed by atoms with E-state index < -0.39 is 11.5 Å². The Morgan fingerprint density at radius 2 is 2.05 bits per heavy atom. The zero-order valence-electron chi connectivity index (χ0n) is 12.9. The molecule has 1 aliphatic rings. The summed E-state index contributed by atoms with van der Waals surface area (Å²) >= 11 is 0. The minimum Gasteiger partial charge on any atom is -0.480 e. The number of carboxylic acids is 1. The van der Waals surface area contributed by atoms with Crippen LogP contribution in [-0.2, 0) is 9.59 Å². The van der Waals surface area contributed by atoms with Crippen molar-refractivity contribution in [2.75, 3.05) is 13.1 Å². The number of carboxylic acid groups (broad SMARTS) is 1. The standard InChI is InChI=1S/C15H28N2O3/c1-4-7-12(3)16-13(18)11-17-10-6-9-15(17,8-5-2)14(19)20/h12H,4-11H2,1-3H3,(H,16,18)(H,19,20). The minimum absolute atomic E-state index is 0.0606. The summed E-state index contributed by atoms with van der Waals surface area (Å²) in [7, 11) is 0. The monoisotopic (exact) mass is 284 g/mol. The lowest BCUT2D eigenvalue weighted by molar-refractivity contribution is -0.151. The van der Waals surface area contributed by atoms with Gasteiger partial charge in [0, 0.05) is 6.04 Å². The molecule has 0 radical (unpaired) electrons. The van der Waals surface area contributed by atoms with E-state index >= 15 is 0 Å². The Bertz CT molecular complexity index is 346. The molecule has 0 bridgehead atoms. The molecule has 0 spiro atoms. The molecule has 1 fully saturated rings. The highest BCUT2D eigenvalue weighted by atomic mass is 16.4. The van der Waals surface area contributed by atoms with Crippen molar-refractivity contribution in [3.8, 4) is 0 Å². The van der Waals surface area contributed by atoms with Crippen molar-refractivity contribution in [3.63, 3.8) is 0 Å². The lowest BCUT2D eigenvalue weighted by atomic mass is 9.90. The van der Waals surface area contributed by atoms with Crippen LogP contribution in [0.1, 0.15) is 59.3 Å². The number of carbonyl (C=O) groups excluding carboxylic acids is 1. The van der Waals surface area contributed by atoms with Crippen LogP contribution in [0.25, 0.3) is 0 Å². The molecule has 5 heteroatoms. The summed E-state index contributed by atoms with van der Waals surface area (Å²) < 4.78 is 0. The van der Waals surface area contributed by atoms with Crippen molar-refractivity contribution >= 4 is 11.9 Å². The quantitative estimate of drug-likeness (QED) is 0.715. The summed E-state index contributed by atoms with van der Waals surface area (Å²) in [5.74, 6) is -0.846. The van der Waals surface area contributed by atoms with Crippen LogP contribution in [0.2, 0.25) is 0 Å². The van der Waals surface area contributed by atoms with Gasteiger partial charge < -0.3 is 10.4 Å². The summed E-state index contributed by atoms with van der Waals surface area (Å²) in [6.07, 6.45) is 4.90. The fourth-order valence-electron chi connectivity index (χ4n) is 3.21. The molecule has 2 N–H and O–H groups in total. The van der Waals surface area contributed by atoms with E-state index in [9.17, 15) is 14.7 Å². The van der Waals surface area contributed by atoms with E-state index in [0.29, 0.717) is 19.4 Å². The number of nitrogens with one attached hydrogen (secondary N) is 1. The maximum absolute atomic E-state index is 12.1. The first-order valence-electron chi connectivity index (χ1n) is 7.74. The van der Waals surface area contributed by atoms with Crippen LogP contribution in [0.5, 0.6) is 0 Å². The first-order chi connectivity index (χ1) is 9.46. The summed E-state index contributed by atoms with van der Waals surface area (Å²) in [5.41, 5.74) is -0.833. The minimum atomic E-state index is -0.833. The first-order valence-corrected chi connectivity index (χ1v) is 7.74. The van der Waals surface area contributed by atoms with Gasteiger partial charge in [-0.15, -0.1) is 0 Å². The predicted octanol–water partition coefficient (Wildman–Crippen LogP) is 2.01. The van der Waals surface area contributed by atoms with Gasteiger partial charge >= 0.3 is 5.97 Å². The van der Waals surface area contributed by atoms with Gasteiger partial charge in [-0.3, -0.25) is 14.5 Å². The summed E-state index contributed by atoms with van der Waals surface area (Å²) in [4.78, 5) is 25.6. The second-order valence-electron chi connectivity index (χ2n) is 5.87. The highest BCUT2D eigenvalue weighted by molar-refractivity contribution is 5.82. The van der Waals surface area contributed by atoms with Crippen LogP contribution in [-0.4, -0.2) is 46.6 Å². The molecule has 5 nitrogen and oxygen atoms in total. The van der Waals surface area contributed by atoms with Gasteiger partial charge in [-0.05, 0) is 39.2 Å². The van der Waals surface area contributed by atoms with Crippen LogP contribution in [0.4, 0.5) is 0 Å². The molecular formula is C15H28N2O3. The van der Waals surface area contributed by atoms with Gasteiger partial charge in [-0.1, -0.05) is 26.7 Å². The Kier molecular flexibility index (Phi) is 6.46. The van der Waals surface area contributed by atoms with Crippen molar-refractivity contribution in [2.45, 2.75) is 70.9 Å². The molecule has 0 saturated carbocycles. The van der Waals surface area contributed by atoms with Crippen LogP contribution in [0.3, 0.4) is 0 Å². The largest absolute Gasteiger partial charge is 0.480 e. The molecule has 116 valence electrons. The van der Waals surface area contributed by atoms with E-state index in [2.05, 4.69) is 12.2 Å². The third-order valence-electron chi connectivity index (χ3n) is 4.15. The van der Waals surface area contributed by atoms with Crippen molar-refractivity contribution in [2.24, 2.45) is 0 Å². The Balaban J connectivity index is 2.64. The van der Waals surface area contributed by atoms with Crippen LogP contribution < -0.4 is 5.32 Å². The molecule has 1 amide bonds. The number of hydrogen-bond donors (Lipinski definition) is 2. The Hall–Kier alpha value is -1.10. The molecule has 1 rings (SSSR count). The molecule has 0 aromatic heterocycles. The molecule has 1 saturated heterocycles. The van der Waals surface area contributed by atoms with Gasteiger partial charge in [0.2, 0.25) is 5.91 Å². The predicted molar refractivity (Wildman–Crippen MR) is 78.6 cm³/mol. The van der Waals surface area contributed by atoms with Gasteiger partial charge in [-0.2, -0.15) is 0 Å². The van der Waals surface area contributed by atoms with E-state index in [0.717, 1.165) is 25.7 Å². The topological polar surface area (TPSA) is 69.6 Å². The van der Waals surface area contributed by atoms with Crippen molar-refractivity contribution in [1.29, 1.82) is 0 Å². The highest BCUT2D eigenvalue weighted by Gasteiger charge is 2.47. The normalized spacial score (nSPS) is 24.6. The number of rotatable bonds is 8. The van der Waals surface area contributed by atoms with Crippen LogP contribution in [0.15, 0.2) is 0 Å². The molecule has 0 aromatic rings. The van der Waals surface area contributed by atoms with E-state index in [1.807, 2.05) is 18.7 Å². The Morgan fingerprint density at radius 1 is 1.35 bits per heavy atom. The number of hydrogen-bond acceptors (Lipinski definition) is 3.